The topological polar surface area (TPSA) is 77.6 Å². The highest BCUT2D eigenvalue weighted by atomic mass is 32.1. The van der Waals surface area contributed by atoms with Crippen LogP contribution < -0.4 is 5.73 Å². The van der Waals surface area contributed by atoms with Gasteiger partial charge in [0.15, 0.2) is 0 Å². The molecule has 0 unspecified atom stereocenters. The molecule has 5 nitrogen and oxygen atoms in total. The molecule has 2 rings (SSSR count). The molecule has 2 aromatic heterocycles. The molecule has 60 valence electrons. The second-order valence-electron chi connectivity index (χ2n) is 2.08. The van der Waals surface area contributed by atoms with Gasteiger partial charge in [-0.15, -0.1) is 5.10 Å². The van der Waals surface area contributed by atoms with Crippen molar-refractivity contribution in [1.82, 2.24) is 19.6 Å². The van der Waals surface area contributed by atoms with Crippen LogP contribution in [0, 0.1) is 0 Å². The molecule has 0 aromatic carbocycles. The second kappa shape index (κ2) is 2.82. The van der Waals surface area contributed by atoms with Gasteiger partial charge in [-0.1, -0.05) is 0 Å². The van der Waals surface area contributed by atoms with E-state index in [1.165, 1.54) is 11.5 Å². The predicted octanol–water partition coefficient (Wildman–Crippen LogP) is 0.577. The van der Waals surface area contributed by atoms with E-state index in [2.05, 4.69) is 19.6 Å². The number of hydrogen-bond acceptors (Lipinski definition) is 6. The Kier molecular flexibility index (Phi) is 1.67. The predicted molar refractivity (Wildman–Crippen MR) is 45.3 cm³/mol. The Labute approximate surface area is 72.5 Å². The molecule has 0 spiro atoms. The summed E-state index contributed by atoms with van der Waals surface area (Å²) in [4.78, 5) is 4.93. The van der Waals surface area contributed by atoms with Crippen molar-refractivity contribution in [2.24, 2.45) is 0 Å². The van der Waals surface area contributed by atoms with Crippen molar-refractivity contribution in [3.8, 4) is 10.6 Å². The molecule has 0 fully saturated rings. The van der Waals surface area contributed by atoms with Gasteiger partial charge in [0.05, 0.1) is 11.1 Å². The van der Waals surface area contributed by atoms with E-state index in [1.807, 2.05) is 6.07 Å². The van der Waals surface area contributed by atoms with Gasteiger partial charge in [0, 0.05) is 6.20 Å². The summed E-state index contributed by atoms with van der Waals surface area (Å²) in [6.07, 6.45) is 3.27. The van der Waals surface area contributed by atoms with Gasteiger partial charge in [-0.25, -0.2) is 9.36 Å². The minimum absolute atomic E-state index is 0.181. The van der Waals surface area contributed by atoms with Gasteiger partial charge in [-0.05, 0) is 17.6 Å². The van der Waals surface area contributed by atoms with Crippen LogP contribution in [0.1, 0.15) is 0 Å². The summed E-state index contributed by atoms with van der Waals surface area (Å²) < 4.78 is 3.94. The highest BCUT2D eigenvalue weighted by molar-refractivity contribution is 7.09. The van der Waals surface area contributed by atoms with Crippen molar-refractivity contribution in [2.45, 2.75) is 0 Å². The molecule has 0 amide bonds. The van der Waals surface area contributed by atoms with E-state index in [9.17, 15) is 0 Å². The fraction of sp³-hybridized carbons (Fsp3) is 0. The Hall–Kier alpha value is -1.56. The van der Waals surface area contributed by atoms with E-state index in [0.717, 1.165) is 4.88 Å². The van der Waals surface area contributed by atoms with Gasteiger partial charge in [0.25, 0.3) is 0 Å². The molecule has 2 heterocycles. The lowest BCUT2D eigenvalue weighted by Crippen LogP contribution is -1.97. The van der Waals surface area contributed by atoms with Gasteiger partial charge < -0.3 is 5.73 Å². The third-order valence-corrected chi connectivity index (χ3v) is 2.03. The van der Waals surface area contributed by atoms with E-state index in [1.54, 1.807) is 12.4 Å². The summed E-state index contributed by atoms with van der Waals surface area (Å²) in [5.74, 6) is 0.181. The molecule has 0 bridgehead atoms. The van der Waals surface area contributed by atoms with Crippen molar-refractivity contribution in [3.63, 3.8) is 0 Å². The fourth-order valence-corrected chi connectivity index (χ4v) is 1.33. The van der Waals surface area contributed by atoms with E-state index >= 15 is 0 Å². The highest BCUT2D eigenvalue weighted by Crippen LogP contribution is 2.18. The van der Waals surface area contributed by atoms with Crippen LogP contribution in [0.4, 0.5) is 5.95 Å². The number of rotatable bonds is 1. The maximum absolute atomic E-state index is 5.36. The van der Waals surface area contributed by atoms with Gasteiger partial charge in [0.2, 0.25) is 5.95 Å². The Morgan fingerprint density at radius 1 is 1.42 bits per heavy atom. The van der Waals surface area contributed by atoms with Gasteiger partial charge in [-0.2, -0.15) is 5.10 Å². The molecule has 2 aromatic rings. The molecule has 0 atom stereocenters. The molecule has 0 saturated heterocycles. The lowest BCUT2D eigenvalue weighted by Gasteiger charge is -1.93. The third-order valence-electron chi connectivity index (χ3n) is 1.27. The first-order valence-corrected chi connectivity index (χ1v) is 4.00. The van der Waals surface area contributed by atoms with E-state index in [-0.39, 0.29) is 5.95 Å². The second-order valence-corrected chi connectivity index (χ2v) is 2.91. The van der Waals surface area contributed by atoms with Crippen molar-refractivity contribution in [3.05, 3.63) is 18.5 Å². The average Bonchev–Trinajstić information content (AvgIpc) is 2.56. The summed E-state index contributed by atoms with van der Waals surface area (Å²) in [6, 6.07) is 1.86. The van der Waals surface area contributed by atoms with Crippen molar-refractivity contribution >= 4 is 17.5 Å². The molecule has 6 heteroatoms. The summed E-state index contributed by atoms with van der Waals surface area (Å²) in [5.41, 5.74) is 6.08. The lowest BCUT2D eigenvalue weighted by atomic mass is 10.4. The van der Waals surface area contributed by atoms with Gasteiger partial charge in [0.1, 0.15) is 5.69 Å². The number of anilines is 1. The zero-order valence-electron chi connectivity index (χ0n) is 6.01. The van der Waals surface area contributed by atoms with Crippen LogP contribution in [0.15, 0.2) is 18.5 Å². The molecule has 0 aliphatic heterocycles. The number of nitrogens with two attached hydrogens (primary N) is 1. The van der Waals surface area contributed by atoms with Crippen molar-refractivity contribution < 1.29 is 0 Å². The summed E-state index contributed by atoms with van der Waals surface area (Å²) >= 11 is 1.35. The molecular formula is C6H5N5S. The van der Waals surface area contributed by atoms with Crippen LogP contribution >= 0.6 is 11.5 Å². The summed E-state index contributed by atoms with van der Waals surface area (Å²) in [5, 5.41) is 7.23. The smallest absolute Gasteiger partial charge is 0.240 e. The molecule has 0 aliphatic rings. The number of aromatic nitrogens is 4. The van der Waals surface area contributed by atoms with E-state index < -0.39 is 0 Å². The normalized spacial score (nSPS) is 10.0. The quantitative estimate of drug-likeness (QED) is 0.692. The molecule has 12 heavy (non-hydrogen) atoms. The molecule has 2 N–H and O–H groups in total. The Morgan fingerprint density at radius 2 is 2.33 bits per heavy atom. The first-order valence-electron chi connectivity index (χ1n) is 3.22. The van der Waals surface area contributed by atoms with Crippen molar-refractivity contribution in [2.75, 3.05) is 5.73 Å². The van der Waals surface area contributed by atoms with Crippen LogP contribution in [0.5, 0.6) is 0 Å². The fourth-order valence-electron chi connectivity index (χ4n) is 0.784. The van der Waals surface area contributed by atoms with E-state index in [4.69, 9.17) is 5.73 Å². The van der Waals surface area contributed by atoms with Gasteiger partial charge in [-0.3, -0.25) is 0 Å². The van der Waals surface area contributed by atoms with E-state index in [0.29, 0.717) is 5.69 Å². The Morgan fingerprint density at radius 3 is 3.00 bits per heavy atom. The zero-order valence-corrected chi connectivity index (χ0v) is 6.82. The van der Waals surface area contributed by atoms with Crippen LogP contribution in [-0.4, -0.2) is 19.6 Å². The zero-order chi connectivity index (χ0) is 8.39. The SMILES string of the molecule is Nc1nncc(-c2ccns2)n1. The molecule has 0 radical (unpaired) electrons. The first kappa shape index (κ1) is 7.11. The molecular weight excluding hydrogens is 174 g/mol. The highest BCUT2D eigenvalue weighted by Gasteiger charge is 2.01. The molecule has 0 aliphatic carbocycles. The number of hydrogen-bond donors (Lipinski definition) is 1. The summed E-state index contributed by atoms with van der Waals surface area (Å²) in [7, 11) is 0. The Balaban J connectivity index is 2.48. The Bertz CT molecular complexity index is 371. The summed E-state index contributed by atoms with van der Waals surface area (Å²) in [6.45, 7) is 0. The van der Waals surface area contributed by atoms with Crippen LogP contribution in [0.3, 0.4) is 0 Å². The first-order chi connectivity index (χ1) is 5.86. The minimum atomic E-state index is 0.181. The average molecular weight is 179 g/mol. The molecule has 0 saturated carbocycles. The number of nitrogen functional groups attached to an aromatic ring is 1. The maximum atomic E-state index is 5.36. The van der Waals surface area contributed by atoms with Crippen molar-refractivity contribution in [1.29, 1.82) is 0 Å². The van der Waals surface area contributed by atoms with Gasteiger partial charge >= 0.3 is 0 Å². The standard InChI is InChI=1S/C6H5N5S/c7-6-10-4(3-8-11-6)5-1-2-9-12-5/h1-3H,(H2,7,10,11). The third kappa shape index (κ3) is 1.24. The van der Waals surface area contributed by atoms with Crippen LogP contribution in [-0.2, 0) is 0 Å². The minimum Gasteiger partial charge on any atom is -0.366 e. The van der Waals surface area contributed by atoms with Crippen LogP contribution in [0.25, 0.3) is 10.6 Å². The number of nitrogens with zero attached hydrogens (tertiary/aromatic N) is 4. The lowest BCUT2D eigenvalue weighted by molar-refractivity contribution is 0.992. The maximum Gasteiger partial charge on any atom is 0.240 e. The van der Waals surface area contributed by atoms with Crippen LogP contribution in [0.2, 0.25) is 0 Å². The monoisotopic (exact) mass is 179 g/mol. The largest absolute Gasteiger partial charge is 0.366 e.